The Hall–Kier alpha value is -0.820. The van der Waals surface area contributed by atoms with Crippen molar-refractivity contribution in [3.05, 3.63) is 40.7 Å². The fourth-order valence-electron chi connectivity index (χ4n) is 0.951. The van der Waals surface area contributed by atoms with Gasteiger partial charge in [-0.2, -0.15) is 0 Å². The zero-order valence-electron chi connectivity index (χ0n) is 9.07. The summed E-state index contributed by atoms with van der Waals surface area (Å²) in [6.07, 6.45) is 0. The van der Waals surface area contributed by atoms with E-state index in [9.17, 15) is 4.39 Å². The number of halogens is 2. The molecule has 2 heteroatoms. The van der Waals surface area contributed by atoms with E-state index in [0.29, 0.717) is 10.6 Å². The Kier molecular flexibility index (Phi) is 6.22. The monoisotopic (exact) mass is 214 g/mol. The van der Waals surface area contributed by atoms with Crippen molar-refractivity contribution in [2.45, 2.75) is 27.7 Å². The first-order valence-electron chi connectivity index (χ1n) is 4.71. The highest BCUT2D eigenvalue weighted by atomic mass is 35.5. The van der Waals surface area contributed by atoms with Crippen LogP contribution in [0.1, 0.15) is 33.3 Å². The third-order valence-electron chi connectivity index (χ3n) is 1.79. The molecule has 0 saturated carbocycles. The number of rotatable bonds is 1. The van der Waals surface area contributed by atoms with Crippen molar-refractivity contribution in [1.29, 1.82) is 0 Å². The lowest BCUT2D eigenvalue weighted by Crippen LogP contribution is -1.82. The van der Waals surface area contributed by atoms with Gasteiger partial charge in [-0.1, -0.05) is 43.6 Å². The molecule has 0 heterocycles. The van der Waals surface area contributed by atoms with Gasteiger partial charge in [0.2, 0.25) is 0 Å². The van der Waals surface area contributed by atoms with Gasteiger partial charge in [-0.25, -0.2) is 4.39 Å². The highest BCUT2D eigenvalue weighted by Gasteiger charge is 2.03. The van der Waals surface area contributed by atoms with Crippen molar-refractivity contribution in [3.63, 3.8) is 0 Å². The maximum atomic E-state index is 12.8. The molecule has 1 aromatic rings. The molecule has 1 aromatic carbocycles. The van der Waals surface area contributed by atoms with Gasteiger partial charge < -0.3 is 0 Å². The van der Waals surface area contributed by atoms with Gasteiger partial charge in [0.15, 0.2) is 0 Å². The van der Waals surface area contributed by atoms with Crippen LogP contribution in [0.2, 0.25) is 5.02 Å². The van der Waals surface area contributed by atoms with E-state index in [4.69, 9.17) is 11.6 Å². The highest BCUT2D eigenvalue weighted by molar-refractivity contribution is 6.32. The van der Waals surface area contributed by atoms with Gasteiger partial charge in [0.25, 0.3) is 0 Å². The largest absolute Gasteiger partial charge is 0.212 e. The van der Waals surface area contributed by atoms with Crippen LogP contribution >= 0.6 is 11.6 Å². The normalized spacial score (nSPS) is 11.3. The third kappa shape index (κ3) is 3.51. The molecule has 78 valence electrons. The Morgan fingerprint density at radius 1 is 1.14 bits per heavy atom. The predicted molar refractivity (Wildman–Crippen MR) is 62.2 cm³/mol. The molecule has 0 N–H and O–H groups in total. The minimum absolute atomic E-state index is 0.192. The molecule has 0 spiro atoms. The van der Waals surface area contributed by atoms with Crippen LogP contribution in [0.4, 0.5) is 4.39 Å². The summed E-state index contributed by atoms with van der Waals surface area (Å²) < 4.78 is 12.8. The molecule has 0 atom stereocenters. The molecular formula is C12H16ClF. The lowest BCUT2D eigenvalue weighted by molar-refractivity contribution is 0.643. The standard InChI is InChI=1S/C10H10ClF.C2H6/c1-7(8(2)12)9-5-3-4-6-10(9)11;1-2/h3-6H,1-2H3;1-2H3/b8-7+;. The van der Waals surface area contributed by atoms with E-state index in [2.05, 4.69) is 0 Å². The number of allylic oxidation sites excluding steroid dienone is 2. The second-order valence-corrected chi connectivity index (χ2v) is 3.05. The van der Waals surface area contributed by atoms with Crippen LogP contribution in [0.25, 0.3) is 5.57 Å². The first-order valence-corrected chi connectivity index (χ1v) is 5.08. The first-order chi connectivity index (χ1) is 6.63. The van der Waals surface area contributed by atoms with Gasteiger partial charge in [0.05, 0.1) is 0 Å². The molecule has 14 heavy (non-hydrogen) atoms. The maximum Gasteiger partial charge on any atom is 0.100 e. The minimum atomic E-state index is -0.192. The molecule has 0 fully saturated rings. The van der Waals surface area contributed by atoms with Crippen LogP contribution in [0.15, 0.2) is 30.1 Å². The molecule has 0 aliphatic carbocycles. The molecule has 0 aliphatic rings. The Bertz CT molecular complexity index is 312. The predicted octanol–water partition coefficient (Wildman–Crippen LogP) is 5.09. The van der Waals surface area contributed by atoms with Crippen molar-refractivity contribution in [3.8, 4) is 0 Å². The zero-order chi connectivity index (χ0) is 11.1. The zero-order valence-corrected chi connectivity index (χ0v) is 9.82. The summed E-state index contributed by atoms with van der Waals surface area (Å²) in [6, 6.07) is 7.23. The molecule has 0 unspecified atom stereocenters. The van der Waals surface area contributed by atoms with E-state index < -0.39 is 0 Å². The second kappa shape index (κ2) is 6.61. The Balaban J connectivity index is 0.000000791. The molecule has 1 rings (SSSR count). The van der Waals surface area contributed by atoms with Crippen molar-refractivity contribution in [2.24, 2.45) is 0 Å². The van der Waals surface area contributed by atoms with E-state index in [1.807, 2.05) is 26.0 Å². The molecule has 0 saturated heterocycles. The van der Waals surface area contributed by atoms with E-state index in [-0.39, 0.29) is 5.83 Å². The van der Waals surface area contributed by atoms with Gasteiger partial charge >= 0.3 is 0 Å². The summed E-state index contributed by atoms with van der Waals surface area (Å²) in [6.45, 7) is 7.15. The SMILES string of the molecule is C/C(F)=C(/C)c1ccccc1Cl.CC. The Morgan fingerprint density at radius 3 is 2.07 bits per heavy atom. The van der Waals surface area contributed by atoms with Gasteiger partial charge in [-0.05, 0) is 31.1 Å². The molecule has 0 amide bonds. The van der Waals surface area contributed by atoms with Gasteiger partial charge in [-0.3, -0.25) is 0 Å². The molecule has 0 radical (unpaired) electrons. The van der Waals surface area contributed by atoms with Crippen molar-refractivity contribution >= 4 is 17.2 Å². The molecular weight excluding hydrogens is 199 g/mol. The van der Waals surface area contributed by atoms with Crippen molar-refractivity contribution < 1.29 is 4.39 Å². The molecule has 0 aliphatic heterocycles. The van der Waals surface area contributed by atoms with Crippen molar-refractivity contribution in [2.75, 3.05) is 0 Å². The topological polar surface area (TPSA) is 0 Å². The average Bonchev–Trinajstić information content (AvgIpc) is 2.20. The molecule has 0 nitrogen and oxygen atoms in total. The fourth-order valence-corrected chi connectivity index (χ4v) is 1.23. The summed E-state index contributed by atoms with van der Waals surface area (Å²) in [5.74, 6) is -0.192. The highest BCUT2D eigenvalue weighted by Crippen LogP contribution is 2.25. The van der Waals surface area contributed by atoms with Crippen LogP contribution in [-0.4, -0.2) is 0 Å². The van der Waals surface area contributed by atoms with Crippen LogP contribution in [0.5, 0.6) is 0 Å². The van der Waals surface area contributed by atoms with Crippen LogP contribution in [0, 0.1) is 0 Å². The number of hydrogen-bond donors (Lipinski definition) is 0. The third-order valence-corrected chi connectivity index (χ3v) is 2.12. The van der Waals surface area contributed by atoms with Gasteiger partial charge in [-0.15, -0.1) is 0 Å². The molecule has 0 aromatic heterocycles. The van der Waals surface area contributed by atoms with Crippen LogP contribution in [-0.2, 0) is 0 Å². The average molecular weight is 215 g/mol. The summed E-state index contributed by atoms with van der Waals surface area (Å²) in [5, 5.41) is 0.590. The quantitative estimate of drug-likeness (QED) is 0.611. The smallest absolute Gasteiger partial charge is 0.100 e. The summed E-state index contributed by atoms with van der Waals surface area (Å²) in [5.41, 5.74) is 1.36. The number of hydrogen-bond acceptors (Lipinski definition) is 0. The maximum absolute atomic E-state index is 12.8. The minimum Gasteiger partial charge on any atom is -0.212 e. The van der Waals surface area contributed by atoms with E-state index in [1.165, 1.54) is 6.92 Å². The van der Waals surface area contributed by atoms with Gasteiger partial charge in [0.1, 0.15) is 5.83 Å². The summed E-state index contributed by atoms with van der Waals surface area (Å²) in [7, 11) is 0. The molecule has 0 bridgehead atoms. The van der Waals surface area contributed by atoms with Gasteiger partial charge in [0, 0.05) is 5.02 Å². The van der Waals surface area contributed by atoms with Crippen molar-refractivity contribution in [1.82, 2.24) is 0 Å². The summed E-state index contributed by atoms with van der Waals surface area (Å²) in [4.78, 5) is 0. The van der Waals surface area contributed by atoms with E-state index in [0.717, 1.165) is 5.56 Å². The van der Waals surface area contributed by atoms with Crippen LogP contribution in [0.3, 0.4) is 0 Å². The Morgan fingerprint density at radius 2 is 1.64 bits per heavy atom. The second-order valence-electron chi connectivity index (χ2n) is 2.64. The number of benzene rings is 1. The van der Waals surface area contributed by atoms with Crippen LogP contribution < -0.4 is 0 Å². The fraction of sp³-hybridized carbons (Fsp3) is 0.333. The van der Waals surface area contributed by atoms with E-state index in [1.54, 1.807) is 19.1 Å². The van der Waals surface area contributed by atoms with E-state index >= 15 is 0 Å². The lowest BCUT2D eigenvalue weighted by atomic mass is 10.1. The Labute approximate surface area is 90.4 Å². The first kappa shape index (κ1) is 13.2. The summed E-state index contributed by atoms with van der Waals surface area (Å²) >= 11 is 5.86. The lowest BCUT2D eigenvalue weighted by Gasteiger charge is -2.03.